The lowest BCUT2D eigenvalue weighted by molar-refractivity contribution is -0.138. The molecule has 0 fully saturated rings. The number of nitrogens with one attached hydrogen (secondary N) is 2. The van der Waals surface area contributed by atoms with Crippen LogP contribution in [0.15, 0.2) is 18.2 Å². The third-order valence-corrected chi connectivity index (χ3v) is 3.16. The maximum atomic E-state index is 12.8. The Morgan fingerprint density at radius 2 is 1.90 bits per heavy atom. The minimum Gasteiger partial charge on any atom is -0.322 e. The first-order valence-electron chi connectivity index (χ1n) is 6.21. The van der Waals surface area contributed by atoms with Gasteiger partial charge in [0.2, 0.25) is 0 Å². The number of benzene rings is 1. The number of hydrogen-bond acceptors (Lipinski definition) is 2. The number of hydrogen-bond donors (Lipinski definition) is 2. The van der Waals surface area contributed by atoms with Gasteiger partial charge < -0.3 is 5.32 Å². The number of anilines is 1. The number of amides is 1. The van der Waals surface area contributed by atoms with E-state index < -0.39 is 17.6 Å². The van der Waals surface area contributed by atoms with Gasteiger partial charge in [0.15, 0.2) is 0 Å². The topological polar surface area (TPSA) is 57.8 Å². The molecule has 7 heteroatoms. The molecule has 0 spiro atoms. The average molecular weight is 297 g/mol. The van der Waals surface area contributed by atoms with Crippen molar-refractivity contribution in [3.05, 3.63) is 46.3 Å². The fourth-order valence-electron chi connectivity index (χ4n) is 2.08. The van der Waals surface area contributed by atoms with Gasteiger partial charge in [-0.15, -0.1) is 0 Å². The molecule has 0 aliphatic carbocycles. The van der Waals surface area contributed by atoms with Crippen LogP contribution in [0.5, 0.6) is 0 Å². The molecule has 2 N–H and O–H groups in total. The van der Waals surface area contributed by atoms with Crippen LogP contribution in [0.1, 0.15) is 32.9 Å². The Morgan fingerprint density at radius 3 is 2.43 bits per heavy atom. The van der Waals surface area contributed by atoms with Crippen LogP contribution in [-0.2, 0) is 6.18 Å². The zero-order chi connectivity index (χ0) is 15.8. The second-order valence-corrected chi connectivity index (χ2v) is 4.79. The van der Waals surface area contributed by atoms with E-state index in [1.807, 2.05) is 0 Å². The summed E-state index contributed by atoms with van der Waals surface area (Å²) in [4.78, 5) is 12.1. The van der Waals surface area contributed by atoms with Crippen molar-refractivity contribution in [1.82, 2.24) is 10.2 Å². The summed E-state index contributed by atoms with van der Waals surface area (Å²) in [5.41, 5.74) is 0.834. The third kappa shape index (κ3) is 3.07. The molecule has 0 atom stereocenters. The van der Waals surface area contributed by atoms with E-state index in [9.17, 15) is 18.0 Å². The van der Waals surface area contributed by atoms with Gasteiger partial charge in [-0.25, -0.2) is 0 Å². The molecule has 0 unspecified atom stereocenters. The van der Waals surface area contributed by atoms with E-state index in [1.54, 1.807) is 13.8 Å². The smallest absolute Gasteiger partial charge is 0.322 e. The van der Waals surface area contributed by atoms with Crippen molar-refractivity contribution in [1.29, 1.82) is 0 Å². The molecular formula is C14H14F3N3O. The Hall–Kier alpha value is -2.31. The maximum Gasteiger partial charge on any atom is 0.416 e. The number of carbonyl (C=O) groups is 1. The predicted octanol–water partition coefficient (Wildman–Crippen LogP) is 3.61. The summed E-state index contributed by atoms with van der Waals surface area (Å²) in [6.45, 7) is 4.69. The highest BCUT2D eigenvalue weighted by Crippen LogP contribution is 2.33. The van der Waals surface area contributed by atoms with Crippen LogP contribution in [0.3, 0.4) is 0 Å². The van der Waals surface area contributed by atoms with Gasteiger partial charge in [-0.05, 0) is 38.5 Å². The lowest BCUT2D eigenvalue weighted by Gasteiger charge is -2.12. The molecule has 2 aromatic rings. The van der Waals surface area contributed by atoms with E-state index in [2.05, 4.69) is 15.5 Å². The number of nitrogens with zero attached hydrogens (tertiary/aromatic N) is 1. The first-order chi connectivity index (χ1) is 9.70. The number of rotatable bonds is 2. The third-order valence-electron chi connectivity index (χ3n) is 3.16. The molecule has 1 heterocycles. The van der Waals surface area contributed by atoms with Gasteiger partial charge in [0, 0.05) is 11.4 Å². The number of carbonyl (C=O) groups excluding carboxylic acids is 1. The van der Waals surface area contributed by atoms with Gasteiger partial charge in [0.1, 0.15) is 0 Å². The summed E-state index contributed by atoms with van der Waals surface area (Å²) in [6.07, 6.45) is -4.45. The van der Waals surface area contributed by atoms with Gasteiger partial charge >= 0.3 is 6.18 Å². The van der Waals surface area contributed by atoms with E-state index in [0.29, 0.717) is 17.0 Å². The first-order valence-corrected chi connectivity index (χ1v) is 6.21. The van der Waals surface area contributed by atoms with Crippen LogP contribution in [0.4, 0.5) is 18.9 Å². The van der Waals surface area contributed by atoms with Crippen LogP contribution >= 0.6 is 0 Å². The minimum absolute atomic E-state index is 0.0953. The Morgan fingerprint density at radius 1 is 1.24 bits per heavy atom. The average Bonchev–Trinajstić information content (AvgIpc) is 2.70. The van der Waals surface area contributed by atoms with Crippen LogP contribution in [-0.4, -0.2) is 16.1 Å². The van der Waals surface area contributed by atoms with Crippen molar-refractivity contribution < 1.29 is 18.0 Å². The number of aromatic nitrogens is 2. The first kappa shape index (κ1) is 15.1. The maximum absolute atomic E-state index is 12.8. The number of aryl methyl sites for hydroxylation is 3. The van der Waals surface area contributed by atoms with Gasteiger partial charge in [-0.2, -0.15) is 18.3 Å². The van der Waals surface area contributed by atoms with E-state index >= 15 is 0 Å². The predicted molar refractivity (Wildman–Crippen MR) is 72.2 cm³/mol. The van der Waals surface area contributed by atoms with E-state index in [-0.39, 0.29) is 11.3 Å². The van der Waals surface area contributed by atoms with E-state index in [0.717, 1.165) is 6.07 Å². The molecule has 112 valence electrons. The Bertz CT molecular complexity index is 670. The fraction of sp³-hybridized carbons (Fsp3) is 0.286. The zero-order valence-electron chi connectivity index (χ0n) is 11.7. The quantitative estimate of drug-likeness (QED) is 0.889. The summed E-state index contributed by atoms with van der Waals surface area (Å²) in [5, 5.41) is 9.01. The molecule has 0 saturated heterocycles. The van der Waals surface area contributed by atoms with Crippen molar-refractivity contribution in [3.63, 3.8) is 0 Å². The summed E-state index contributed by atoms with van der Waals surface area (Å²) >= 11 is 0. The highest BCUT2D eigenvalue weighted by molar-refractivity contribution is 6.05. The van der Waals surface area contributed by atoms with Crippen LogP contribution in [0.25, 0.3) is 0 Å². The second kappa shape index (κ2) is 5.23. The summed E-state index contributed by atoms with van der Waals surface area (Å²) in [7, 11) is 0. The molecule has 21 heavy (non-hydrogen) atoms. The molecule has 1 amide bonds. The number of alkyl halides is 3. The van der Waals surface area contributed by atoms with Crippen LogP contribution in [0, 0.1) is 20.8 Å². The number of halogens is 3. The van der Waals surface area contributed by atoms with Gasteiger partial charge in [-0.1, -0.05) is 6.07 Å². The molecular weight excluding hydrogens is 283 g/mol. The molecule has 0 aliphatic heterocycles. The SMILES string of the molecule is Cc1ccc(NC(=O)c2c(C)n[nH]c2C)cc1C(F)(F)F. The zero-order valence-corrected chi connectivity index (χ0v) is 11.7. The molecule has 2 rings (SSSR count). The highest BCUT2D eigenvalue weighted by atomic mass is 19.4. The highest BCUT2D eigenvalue weighted by Gasteiger charge is 2.32. The molecule has 1 aromatic carbocycles. The van der Waals surface area contributed by atoms with Gasteiger partial charge in [-0.3, -0.25) is 9.89 Å². The number of H-pyrrole nitrogens is 1. The molecule has 1 aromatic heterocycles. The monoisotopic (exact) mass is 297 g/mol. The Kier molecular flexibility index (Phi) is 3.76. The number of aromatic amines is 1. The van der Waals surface area contributed by atoms with Crippen LogP contribution < -0.4 is 5.32 Å². The minimum atomic E-state index is -4.45. The summed E-state index contributed by atoms with van der Waals surface area (Å²) < 4.78 is 38.5. The fourth-order valence-corrected chi connectivity index (χ4v) is 2.08. The molecule has 0 aliphatic rings. The van der Waals surface area contributed by atoms with Crippen molar-refractivity contribution >= 4 is 11.6 Å². The molecule has 4 nitrogen and oxygen atoms in total. The molecule has 0 bridgehead atoms. The summed E-state index contributed by atoms with van der Waals surface area (Å²) in [6, 6.07) is 3.69. The van der Waals surface area contributed by atoms with Gasteiger partial charge in [0.25, 0.3) is 5.91 Å². The standard InChI is InChI=1S/C14H14F3N3O/c1-7-4-5-10(6-11(7)14(15,16)17)18-13(21)12-8(2)19-20-9(12)3/h4-6H,1-3H3,(H,18,21)(H,19,20). The molecule has 0 saturated carbocycles. The van der Waals surface area contributed by atoms with Crippen molar-refractivity contribution in [2.24, 2.45) is 0 Å². The van der Waals surface area contributed by atoms with Crippen molar-refractivity contribution in [3.8, 4) is 0 Å². The Labute approximate surface area is 119 Å². The van der Waals surface area contributed by atoms with Gasteiger partial charge in [0.05, 0.1) is 16.8 Å². The van der Waals surface area contributed by atoms with Crippen molar-refractivity contribution in [2.45, 2.75) is 26.9 Å². The summed E-state index contributed by atoms with van der Waals surface area (Å²) in [5.74, 6) is -0.490. The normalized spacial score (nSPS) is 11.5. The van der Waals surface area contributed by atoms with Crippen LogP contribution in [0.2, 0.25) is 0 Å². The second-order valence-electron chi connectivity index (χ2n) is 4.79. The lowest BCUT2D eigenvalue weighted by Crippen LogP contribution is -2.15. The van der Waals surface area contributed by atoms with E-state index in [1.165, 1.54) is 19.1 Å². The molecule has 0 radical (unpaired) electrons. The lowest BCUT2D eigenvalue weighted by atomic mass is 10.1. The van der Waals surface area contributed by atoms with E-state index in [4.69, 9.17) is 0 Å². The Balaban J connectivity index is 2.31. The largest absolute Gasteiger partial charge is 0.416 e. The van der Waals surface area contributed by atoms with Crippen molar-refractivity contribution in [2.75, 3.05) is 5.32 Å².